The third-order valence-electron chi connectivity index (χ3n) is 1.58. The summed E-state index contributed by atoms with van der Waals surface area (Å²) in [5.41, 5.74) is 4.36. The van der Waals surface area contributed by atoms with Gasteiger partial charge < -0.3 is 10.5 Å². The Labute approximate surface area is 78.9 Å². The number of anilines is 1. The number of methoxy groups -OCH3 is 1. The Bertz CT molecular complexity index is 387. The van der Waals surface area contributed by atoms with Gasteiger partial charge in [0, 0.05) is 6.07 Å². The zero-order valence-corrected chi connectivity index (χ0v) is 7.29. The lowest BCUT2D eigenvalue weighted by Crippen LogP contribution is -2.02. The number of aromatic nitrogens is 1. The van der Waals surface area contributed by atoms with Gasteiger partial charge in [0.25, 0.3) is 6.43 Å². The molecule has 2 N–H and O–H groups in total. The van der Waals surface area contributed by atoms with E-state index in [2.05, 4.69) is 9.72 Å². The molecular formula is C8H7F2N3O. The Morgan fingerprint density at radius 1 is 1.64 bits per heavy atom. The number of pyridine rings is 1. The van der Waals surface area contributed by atoms with Crippen molar-refractivity contribution in [2.75, 3.05) is 12.8 Å². The van der Waals surface area contributed by atoms with Crippen molar-refractivity contribution >= 4 is 5.82 Å². The monoisotopic (exact) mass is 199 g/mol. The molecule has 0 aromatic carbocycles. The molecule has 0 atom stereocenters. The van der Waals surface area contributed by atoms with Gasteiger partial charge >= 0.3 is 0 Å². The molecular weight excluding hydrogens is 192 g/mol. The second-order valence-electron chi connectivity index (χ2n) is 2.42. The Morgan fingerprint density at radius 2 is 2.29 bits per heavy atom. The smallest absolute Gasteiger partial charge is 0.270 e. The Morgan fingerprint density at radius 3 is 2.71 bits per heavy atom. The summed E-state index contributed by atoms with van der Waals surface area (Å²) in [5.74, 6) is -0.146. The zero-order chi connectivity index (χ0) is 10.7. The van der Waals surface area contributed by atoms with E-state index >= 15 is 0 Å². The quantitative estimate of drug-likeness (QED) is 0.782. The predicted octanol–water partition coefficient (Wildman–Crippen LogP) is 1.48. The van der Waals surface area contributed by atoms with E-state index in [1.54, 1.807) is 6.07 Å². The minimum atomic E-state index is -2.81. The van der Waals surface area contributed by atoms with E-state index in [0.29, 0.717) is 0 Å². The van der Waals surface area contributed by atoms with E-state index in [-0.39, 0.29) is 11.6 Å². The lowest BCUT2D eigenvalue weighted by Gasteiger charge is -2.09. The topological polar surface area (TPSA) is 71.9 Å². The highest BCUT2D eigenvalue weighted by Crippen LogP contribution is 2.32. The maximum Gasteiger partial charge on any atom is 0.270 e. The van der Waals surface area contributed by atoms with Gasteiger partial charge in [0.2, 0.25) is 0 Å². The van der Waals surface area contributed by atoms with Crippen LogP contribution in [0.5, 0.6) is 5.75 Å². The summed E-state index contributed by atoms with van der Waals surface area (Å²) in [6.07, 6.45) is -2.81. The van der Waals surface area contributed by atoms with E-state index in [0.717, 1.165) is 6.07 Å². The number of nitriles is 1. The summed E-state index contributed by atoms with van der Waals surface area (Å²) in [5, 5.41) is 8.55. The van der Waals surface area contributed by atoms with Crippen LogP contribution in [0, 0.1) is 11.3 Å². The first-order chi connectivity index (χ1) is 6.60. The van der Waals surface area contributed by atoms with Gasteiger partial charge in [-0.1, -0.05) is 0 Å². The summed E-state index contributed by atoms with van der Waals surface area (Å²) >= 11 is 0. The van der Waals surface area contributed by atoms with Crippen LogP contribution in [0.4, 0.5) is 14.6 Å². The second-order valence-corrected chi connectivity index (χ2v) is 2.42. The van der Waals surface area contributed by atoms with Crippen LogP contribution in [-0.4, -0.2) is 12.1 Å². The van der Waals surface area contributed by atoms with Crippen molar-refractivity contribution in [3.05, 3.63) is 17.3 Å². The highest BCUT2D eigenvalue weighted by molar-refractivity contribution is 5.50. The minimum Gasteiger partial charge on any atom is -0.496 e. The van der Waals surface area contributed by atoms with Gasteiger partial charge in [-0.2, -0.15) is 5.26 Å². The van der Waals surface area contributed by atoms with E-state index < -0.39 is 17.7 Å². The van der Waals surface area contributed by atoms with Crippen molar-refractivity contribution in [2.24, 2.45) is 0 Å². The van der Waals surface area contributed by atoms with Crippen molar-refractivity contribution < 1.29 is 13.5 Å². The molecule has 0 radical (unpaired) electrons. The molecule has 1 rings (SSSR count). The Hall–Kier alpha value is -1.90. The summed E-state index contributed by atoms with van der Waals surface area (Å²) in [4.78, 5) is 3.48. The number of nitrogen functional groups attached to an aromatic ring is 1. The molecule has 1 aromatic heterocycles. The predicted molar refractivity (Wildman–Crippen MR) is 44.9 cm³/mol. The fraction of sp³-hybridized carbons (Fsp3) is 0.250. The maximum absolute atomic E-state index is 12.5. The summed E-state index contributed by atoms with van der Waals surface area (Å²) in [6, 6.07) is 2.70. The number of ether oxygens (including phenoxy) is 1. The van der Waals surface area contributed by atoms with E-state index in [9.17, 15) is 8.78 Å². The number of hydrogen-bond donors (Lipinski definition) is 1. The molecule has 0 aliphatic heterocycles. The summed E-state index contributed by atoms with van der Waals surface area (Å²) in [7, 11) is 1.22. The van der Waals surface area contributed by atoms with Crippen molar-refractivity contribution in [3.63, 3.8) is 0 Å². The fourth-order valence-corrected chi connectivity index (χ4v) is 1.02. The first-order valence-corrected chi connectivity index (χ1v) is 3.62. The molecule has 1 aromatic rings. The number of alkyl halides is 2. The van der Waals surface area contributed by atoms with Gasteiger partial charge in [-0.25, -0.2) is 13.8 Å². The van der Waals surface area contributed by atoms with E-state index in [4.69, 9.17) is 11.0 Å². The molecule has 0 bridgehead atoms. The van der Waals surface area contributed by atoms with Crippen LogP contribution in [0.25, 0.3) is 0 Å². The molecule has 4 nitrogen and oxygen atoms in total. The van der Waals surface area contributed by atoms with Crippen molar-refractivity contribution in [2.45, 2.75) is 6.43 Å². The van der Waals surface area contributed by atoms with Crippen molar-refractivity contribution in [1.82, 2.24) is 4.98 Å². The van der Waals surface area contributed by atoms with Crippen LogP contribution >= 0.6 is 0 Å². The molecule has 0 fully saturated rings. The first kappa shape index (κ1) is 10.2. The Kier molecular flexibility index (Phi) is 2.82. The number of nitrogens with zero attached hydrogens (tertiary/aromatic N) is 2. The van der Waals surface area contributed by atoms with Crippen LogP contribution in [0.3, 0.4) is 0 Å². The van der Waals surface area contributed by atoms with E-state index in [1.807, 2.05) is 0 Å². The molecule has 0 aliphatic rings. The third-order valence-corrected chi connectivity index (χ3v) is 1.58. The van der Waals surface area contributed by atoms with Crippen LogP contribution in [-0.2, 0) is 0 Å². The molecule has 74 valence electrons. The number of hydrogen-bond acceptors (Lipinski definition) is 4. The van der Waals surface area contributed by atoms with Crippen molar-refractivity contribution in [1.29, 1.82) is 5.26 Å². The largest absolute Gasteiger partial charge is 0.496 e. The molecule has 6 heteroatoms. The minimum absolute atomic E-state index is 0.0252. The molecule has 14 heavy (non-hydrogen) atoms. The average molecular weight is 199 g/mol. The average Bonchev–Trinajstić information content (AvgIpc) is 2.15. The fourth-order valence-electron chi connectivity index (χ4n) is 1.02. The van der Waals surface area contributed by atoms with Gasteiger partial charge in [-0.15, -0.1) is 0 Å². The van der Waals surface area contributed by atoms with E-state index in [1.165, 1.54) is 7.11 Å². The van der Waals surface area contributed by atoms with Gasteiger partial charge in [0.15, 0.2) is 5.69 Å². The highest BCUT2D eigenvalue weighted by atomic mass is 19.3. The van der Waals surface area contributed by atoms with Gasteiger partial charge in [0.05, 0.1) is 12.7 Å². The molecule has 0 spiro atoms. The maximum atomic E-state index is 12.5. The van der Waals surface area contributed by atoms with Crippen molar-refractivity contribution in [3.8, 4) is 11.8 Å². The molecule has 0 amide bonds. The number of rotatable bonds is 2. The number of nitrogens with two attached hydrogens (primary N) is 1. The lowest BCUT2D eigenvalue weighted by molar-refractivity contribution is 0.146. The highest BCUT2D eigenvalue weighted by Gasteiger charge is 2.20. The SMILES string of the molecule is COc1cc(N)nc(C#N)c1C(F)F. The Balaban J connectivity index is 3.42. The molecule has 0 unspecified atom stereocenters. The molecule has 0 aliphatic carbocycles. The summed E-state index contributed by atoms with van der Waals surface area (Å²) < 4.78 is 29.6. The van der Waals surface area contributed by atoms with Gasteiger partial charge in [0.1, 0.15) is 17.6 Å². The van der Waals surface area contributed by atoms with Gasteiger partial charge in [-0.3, -0.25) is 0 Å². The van der Waals surface area contributed by atoms with Crippen LogP contribution in [0.15, 0.2) is 6.07 Å². The molecule has 0 saturated carbocycles. The molecule has 0 saturated heterocycles. The second kappa shape index (κ2) is 3.87. The van der Waals surface area contributed by atoms with Crippen LogP contribution in [0.2, 0.25) is 0 Å². The number of halogens is 2. The molecule has 1 heterocycles. The lowest BCUT2D eigenvalue weighted by atomic mass is 10.2. The normalized spacial score (nSPS) is 9.93. The van der Waals surface area contributed by atoms with Crippen LogP contribution < -0.4 is 10.5 Å². The third kappa shape index (κ3) is 1.71. The zero-order valence-electron chi connectivity index (χ0n) is 7.29. The standard InChI is InChI=1S/C8H7F2N3O/c1-14-5-2-6(12)13-4(3-11)7(5)8(9)10/h2,8H,1H3,(H2,12,13). The first-order valence-electron chi connectivity index (χ1n) is 3.62. The van der Waals surface area contributed by atoms with Gasteiger partial charge in [-0.05, 0) is 0 Å². The summed E-state index contributed by atoms with van der Waals surface area (Å²) in [6.45, 7) is 0. The van der Waals surface area contributed by atoms with Crippen LogP contribution in [0.1, 0.15) is 17.7 Å².